The van der Waals surface area contributed by atoms with E-state index in [0.29, 0.717) is 23.5 Å². The molecule has 0 unspecified atom stereocenters. The molecule has 0 heterocycles. The van der Waals surface area contributed by atoms with Crippen molar-refractivity contribution in [2.24, 2.45) is 0 Å². The highest BCUT2D eigenvalue weighted by Crippen LogP contribution is 2.44. The van der Waals surface area contributed by atoms with Crippen LogP contribution in [0.1, 0.15) is 0 Å². The number of benzene rings is 4. The maximum atomic E-state index is 11.9. The van der Waals surface area contributed by atoms with Gasteiger partial charge in [-0.3, -0.25) is 35.8 Å². The topological polar surface area (TPSA) is 145 Å². The molecule has 33 heavy (non-hydrogen) atoms. The number of nitrogens with zero attached hydrogens (tertiary/aromatic N) is 4. The van der Waals surface area contributed by atoms with Crippen molar-refractivity contribution in [1.29, 1.82) is 0 Å². The number of fused-ring (bicyclic) bond motifs is 1. The van der Waals surface area contributed by atoms with Gasteiger partial charge in [0.2, 0.25) is 5.69 Å². The summed E-state index contributed by atoms with van der Waals surface area (Å²) in [6, 6.07) is 22.4. The average molecular weight is 445 g/mol. The van der Waals surface area contributed by atoms with Crippen molar-refractivity contribution in [2.45, 2.75) is 0 Å². The standard InChI is InChI=1S/C22H15N5O6/c28-25(29)17-13-20(26(30)31)22(21(14-17)27(32)33)24(16-9-2-1-3-10-16)23-19-12-6-8-15-7-4-5-11-18(15)19/h1-14,23H. The molecule has 0 fully saturated rings. The average Bonchev–Trinajstić information content (AvgIpc) is 2.82. The maximum absolute atomic E-state index is 11.9. The van der Waals surface area contributed by atoms with Crippen molar-refractivity contribution in [3.63, 3.8) is 0 Å². The highest BCUT2D eigenvalue weighted by Gasteiger charge is 2.35. The third-order valence-corrected chi connectivity index (χ3v) is 4.92. The van der Waals surface area contributed by atoms with Gasteiger partial charge in [0.25, 0.3) is 5.69 Å². The van der Waals surface area contributed by atoms with Crippen LogP contribution in [-0.4, -0.2) is 14.8 Å². The quantitative estimate of drug-likeness (QED) is 0.280. The summed E-state index contributed by atoms with van der Waals surface area (Å²) in [5.41, 5.74) is 1.17. The van der Waals surface area contributed by atoms with Crippen LogP contribution >= 0.6 is 0 Å². The SMILES string of the molecule is O=[N+]([O-])c1cc([N+](=O)[O-])c(N(Nc2cccc3ccccc23)c2ccccc2)c([N+](=O)[O-])c1. The maximum Gasteiger partial charge on any atom is 0.308 e. The largest absolute Gasteiger partial charge is 0.308 e. The number of hydrogen-bond donors (Lipinski definition) is 1. The van der Waals surface area contributed by atoms with E-state index in [2.05, 4.69) is 5.43 Å². The van der Waals surface area contributed by atoms with Gasteiger partial charge in [-0.2, -0.15) is 0 Å². The zero-order chi connectivity index (χ0) is 23.5. The lowest BCUT2D eigenvalue weighted by Gasteiger charge is -2.26. The zero-order valence-corrected chi connectivity index (χ0v) is 16.8. The van der Waals surface area contributed by atoms with Crippen LogP contribution in [0.5, 0.6) is 0 Å². The molecule has 1 N–H and O–H groups in total. The molecule has 0 aliphatic rings. The second-order valence-corrected chi connectivity index (χ2v) is 6.91. The lowest BCUT2D eigenvalue weighted by atomic mass is 10.1. The summed E-state index contributed by atoms with van der Waals surface area (Å²) in [5, 5.41) is 37.9. The van der Waals surface area contributed by atoms with Crippen molar-refractivity contribution in [3.05, 3.63) is 115 Å². The monoisotopic (exact) mass is 445 g/mol. The summed E-state index contributed by atoms with van der Waals surface area (Å²) in [6.45, 7) is 0. The molecular formula is C22H15N5O6. The minimum absolute atomic E-state index is 0.352. The Kier molecular flexibility index (Phi) is 5.51. The number of rotatable bonds is 7. The van der Waals surface area contributed by atoms with Gasteiger partial charge in [-0.25, -0.2) is 5.01 Å². The first kappa shape index (κ1) is 21.2. The number of nitrogens with one attached hydrogen (secondary N) is 1. The van der Waals surface area contributed by atoms with Crippen LogP contribution in [0.4, 0.5) is 34.1 Å². The number of hydrogen-bond acceptors (Lipinski definition) is 8. The van der Waals surface area contributed by atoms with E-state index in [4.69, 9.17) is 0 Å². The highest BCUT2D eigenvalue weighted by molar-refractivity contribution is 5.96. The van der Waals surface area contributed by atoms with Gasteiger partial charge < -0.3 is 0 Å². The Morgan fingerprint density at radius 2 is 1.24 bits per heavy atom. The number of nitro benzene ring substituents is 3. The fourth-order valence-corrected chi connectivity index (χ4v) is 3.47. The first-order valence-electron chi connectivity index (χ1n) is 9.57. The molecule has 0 spiro atoms. The van der Waals surface area contributed by atoms with Crippen LogP contribution in [0, 0.1) is 30.3 Å². The summed E-state index contributed by atoms with van der Waals surface area (Å²) in [4.78, 5) is 32.4. The molecule has 0 saturated heterocycles. The summed E-state index contributed by atoms with van der Waals surface area (Å²) in [7, 11) is 0. The molecule has 0 aliphatic carbocycles. The second kappa shape index (κ2) is 8.59. The predicted molar refractivity (Wildman–Crippen MR) is 123 cm³/mol. The van der Waals surface area contributed by atoms with E-state index in [1.54, 1.807) is 42.5 Å². The van der Waals surface area contributed by atoms with E-state index < -0.39 is 37.5 Å². The van der Waals surface area contributed by atoms with Gasteiger partial charge in [0.05, 0.1) is 38.3 Å². The Labute approximate surface area is 185 Å². The molecule has 0 atom stereocenters. The molecule has 0 aromatic heterocycles. The van der Waals surface area contributed by atoms with Crippen molar-refractivity contribution in [1.82, 2.24) is 0 Å². The van der Waals surface area contributed by atoms with E-state index in [1.165, 1.54) is 5.01 Å². The van der Waals surface area contributed by atoms with Gasteiger partial charge in [-0.15, -0.1) is 0 Å². The first-order valence-corrected chi connectivity index (χ1v) is 9.57. The van der Waals surface area contributed by atoms with Gasteiger partial charge in [0, 0.05) is 5.39 Å². The fourth-order valence-electron chi connectivity index (χ4n) is 3.47. The van der Waals surface area contributed by atoms with Crippen LogP contribution in [0.3, 0.4) is 0 Å². The van der Waals surface area contributed by atoms with E-state index in [-0.39, 0.29) is 0 Å². The molecule has 11 heteroatoms. The van der Waals surface area contributed by atoms with E-state index in [1.807, 2.05) is 30.3 Å². The summed E-state index contributed by atoms with van der Waals surface area (Å²) >= 11 is 0. The van der Waals surface area contributed by atoms with E-state index >= 15 is 0 Å². The molecule has 4 rings (SSSR count). The Morgan fingerprint density at radius 3 is 1.85 bits per heavy atom. The summed E-state index contributed by atoms with van der Waals surface area (Å²) in [5.74, 6) is 0. The minimum Gasteiger partial charge on any atom is -0.293 e. The molecule has 4 aromatic carbocycles. The molecule has 11 nitrogen and oxygen atoms in total. The number of nitro groups is 3. The zero-order valence-electron chi connectivity index (χ0n) is 16.8. The molecule has 0 bridgehead atoms. The Balaban J connectivity index is 2.00. The summed E-state index contributed by atoms with van der Waals surface area (Å²) in [6.07, 6.45) is 0. The molecule has 164 valence electrons. The number of para-hydroxylation sites is 1. The number of anilines is 3. The lowest BCUT2D eigenvalue weighted by Crippen LogP contribution is -2.26. The Bertz CT molecular complexity index is 1350. The normalized spacial score (nSPS) is 10.5. The molecule has 0 saturated carbocycles. The predicted octanol–water partition coefficient (Wildman–Crippen LogP) is 5.73. The molecule has 0 amide bonds. The summed E-state index contributed by atoms with van der Waals surface area (Å²) < 4.78 is 0. The number of non-ortho nitro benzene ring substituents is 1. The van der Waals surface area contributed by atoms with Crippen LogP contribution in [-0.2, 0) is 0 Å². The van der Waals surface area contributed by atoms with Crippen LogP contribution in [0.25, 0.3) is 10.8 Å². The van der Waals surface area contributed by atoms with Crippen molar-refractivity contribution in [3.8, 4) is 0 Å². The number of hydrazine groups is 1. The van der Waals surface area contributed by atoms with E-state index in [9.17, 15) is 30.3 Å². The van der Waals surface area contributed by atoms with Crippen LogP contribution in [0.15, 0.2) is 84.9 Å². The van der Waals surface area contributed by atoms with Crippen molar-refractivity contribution >= 4 is 44.9 Å². The third-order valence-electron chi connectivity index (χ3n) is 4.92. The van der Waals surface area contributed by atoms with Crippen LogP contribution < -0.4 is 10.4 Å². The molecule has 4 aromatic rings. The van der Waals surface area contributed by atoms with E-state index in [0.717, 1.165) is 10.8 Å². The smallest absolute Gasteiger partial charge is 0.293 e. The third kappa shape index (κ3) is 4.10. The fraction of sp³-hybridized carbons (Fsp3) is 0. The highest BCUT2D eigenvalue weighted by atomic mass is 16.6. The molecular weight excluding hydrogens is 430 g/mol. The first-order chi connectivity index (χ1) is 15.9. The second-order valence-electron chi connectivity index (χ2n) is 6.91. The van der Waals surface area contributed by atoms with Gasteiger partial charge in [-0.05, 0) is 23.6 Å². The van der Waals surface area contributed by atoms with Crippen molar-refractivity contribution in [2.75, 3.05) is 10.4 Å². The van der Waals surface area contributed by atoms with Crippen molar-refractivity contribution < 1.29 is 14.8 Å². The Morgan fingerprint density at radius 1 is 0.667 bits per heavy atom. The van der Waals surface area contributed by atoms with Gasteiger partial charge in [0.1, 0.15) is 0 Å². The van der Waals surface area contributed by atoms with Crippen LogP contribution in [0.2, 0.25) is 0 Å². The van der Waals surface area contributed by atoms with Gasteiger partial charge >= 0.3 is 11.4 Å². The lowest BCUT2D eigenvalue weighted by molar-refractivity contribution is -0.402. The minimum atomic E-state index is -0.908. The Hall–Kier alpha value is -5.06. The van der Waals surface area contributed by atoms with Gasteiger partial charge in [-0.1, -0.05) is 54.6 Å². The molecule has 0 aliphatic heterocycles. The molecule has 0 radical (unpaired) electrons. The van der Waals surface area contributed by atoms with Gasteiger partial charge in [0.15, 0.2) is 0 Å².